The van der Waals surface area contributed by atoms with Crippen LogP contribution in [0.1, 0.15) is 0 Å². The van der Waals surface area contributed by atoms with Crippen LogP contribution >= 0.6 is 0 Å². The van der Waals surface area contributed by atoms with Crippen LogP contribution in [0.3, 0.4) is 0 Å². The molecule has 0 saturated heterocycles. The highest BCUT2D eigenvalue weighted by Crippen LogP contribution is 1.50. The van der Waals surface area contributed by atoms with Gasteiger partial charge in [-0.25, -0.2) is 0 Å². The van der Waals surface area contributed by atoms with Gasteiger partial charge < -0.3 is 10.4 Å². The van der Waals surface area contributed by atoms with Gasteiger partial charge in [0.2, 0.25) is 0 Å². The van der Waals surface area contributed by atoms with Gasteiger partial charge in [-0.15, -0.1) is 0 Å². The number of nitrogens with one attached hydrogen (secondary N) is 1. The van der Waals surface area contributed by atoms with Gasteiger partial charge in [0.25, 0.3) is 0 Å². The molecule has 0 aliphatic carbocycles. The summed E-state index contributed by atoms with van der Waals surface area (Å²) in [6.07, 6.45) is 0. The van der Waals surface area contributed by atoms with Crippen molar-refractivity contribution in [2.45, 2.75) is 0 Å². The van der Waals surface area contributed by atoms with E-state index in [9.17, 15) is 4.79 Å². The van der Waals surface area contributed by atoms with Crippen LogP contribution in [0, 0.1) is 0 Å². The highest BCUT2D eigenvalue weighted by atomic mass is 17.0. The molecule has 0 spiro atoms. The summed E-state index contributed by atoms with van der Waals surface area (Å²) in [5.74, 6) is -0.822. The molecule has 50 valence electrons. The average Bonchev–Trinajstić information content (AvgIpc) is 1.72. The molecule has 0 aromatic carbocycles. The van der Waals surface area contributed by atoms with E-state index in [4.69, 9.17) is 15.6 Å². The second-order valence-corrected chi connectivity index (χ2v) is 0.924. The molecule has 8 heavy (non-hydrogen) atoms. The molecule has 0 rings (SSSR count). The van der Waals surface area contributed by atoms with Gasteiger partial charge in [0, 0.05) is 0 Å². The van der Waals surface area contributed by atoms with Crippen LogP contribution in [0.5, 0.6) is 0 Å². The zero-order chi connectivity index (χ0) is 6.99. The summed E-state index contributed by atoms with van der Waals surface area (Å²) < 4.78 is 0. The lowest BCUT2D eigenvalue weighted by molar-refractivity contribution is -0.176. The quantitative estimate of drug-likeness (QED) is 0.288. The average molecular weight is 123 g/mol. The van der Waals surface area contributed by atoms with Crippen LogP contribution in [-0.2, 0) is 4.79 Å². The lowest BCUT2D eigenvalue weighted by atomic mass is 10.7. The van der Waals surface area contributed by atoms with Gasteiger partial charge in [0.1, 0.15) is 0 Å². The maximum atomic E-state index is 9.54. The van der Waals surface area contributed by atoms with Crippen LogP contribution in [-0.4, -0.2) is 35.2 Å². The van der Waals surface area contributed by atoms with E-state index < -0.39 is 5.97 Å². The fraction of sp³-hybridized carbons (Fsp3) is 0.667. The fourth-order valence-electron chi connectivity index (χ4n) is 0.151. The Morgan fingerprint density at radius 3 is 2.00 bits per heavy atom. The van der Waals surface area contributed by atoms with E-state index in [-0.39, 0.29) is 6.54 Å². The van der Waals surface area contributed by atoms with E-state index in [0.717, 1.165) is 0 Å². The Kier molecular flexibility index (Phi) is 12.4. The Balaban J connectivity index is 0. The normalized spacial score (nSPS) is 6.88. The highest BCUT2D eigenvalue weighted by Gasteiger charge is 1.86. The second-order valence-electron chi connectivity index (χ2n) is 0.924. The van der Waals surface area contributed by atoms with Crippen LogP contribution in [0.15, 0.2) is 0 Å². The predicted molar refractivity (Wildman–Crippen MR) is 26.8 cm³/mol. The van der Waals surface area contributed by atoms with E-state index in [1.807, 2.05) is 0 Å². The number of hydrogen-bond acceptors (Lipinski definition) is 4. The molecule has 0 aliphatic heterocycles. The van der Waals surface area contributed by atoms with Gasteiger partial charge in [-0.3, -0.25) is 15.3 Å². The lowest BCUT2D eigenvalue weighted by Gasteiger charge is -1.84. The molecule has 5 heteroatoms. The Hall–Kier alpha value is -0.650. The van der Waals surface area contributed by atoms with E-state index in [0.29, 0.717) is 0 Å². The smallest absolute Gasteiger partial charge is 0.317 e. The van der Waals surface area contributed by atoms with Gasteiger partial charge >= 0.3 is 5.97 Å². The molecule has 0 fully saturated rings. The van der Waals surface area contributed by atoms with Crippen molar-refractivity contribution >= 4 is 5.97 Å². The molecule has 0 unspecified atom stereocenters. The van der Waals surface area contributed by atoms with Crippen molar-refractivity contribution in [1.29, 1.82) is 0 Å². The molecule has 0 radical (unpaired) electrons. The third-order valence-electron chi connectivity index (χ3n) is 0.328. The third-order valence-corrected chi connectivity index (χ3v) is 0.328. The summed E-state index contributed by atoms with van der Waals surface area (Å²) in [6.45, 7) is 0.0417. The molecule has 0 bridgehead atoms. The summed E-state index contributed by atoms with van der Waals surface area (Å²) in [7, 11) is 1.59. The standard InChI is InChI=1S/C3H7NO2.H2O2/c1-4-2-3(5)6;1-2/h4H,2H2,1H3,(H,5,6);1-2H. The SMILES string of the molecule is CNCC(=O)O.OO. The molecular weight excluding hydrogens is 114 g/mol. The topological polar surface area (TPSA) is 89.8 Å². The molecule has 0 saturated carbocycles. The van der Waals surface area contributed by atoms with Gasteiger partial charge in [0.15, 0.2) is 0 Å². The first kappa shape index (κ1) is 10.4. The molecule has 5 nitrogen and oxygen atoms in total. The Morgan fingerprint density at radius 1 is 1.62 bits per heavy atom. The number of carbonyl (C=O) groups is 1. The zero-order valence-electron chi connectivity index (χ0n) is 4.46. The highest BCUT2D eigenvalue weighted by molar-refractivity contribution is 5.68. The minimum Gasteiger partial charge on any atom is -0.480 e. The van der Waals surface area contributed by atoms with Gasteiger partial charge in [0.05, 0.1) is 6.54 Å². The maximum absolute atomic E-state index is 9.54. The van der Waals surface area contributed by atoms with Crippen LogP contribution in [0.2, 0.25) is 0 Å². The minimum absolute atomic E-state index is 0.0417. The molecule has 0 aromatic heterocycles. The molecule has 0 amide bonds. The number of aliphatic carboxylic acids is 1. The number of carboxylic acids is 1. The number of rotatable bonds is 2. The molecule has 0 atom stereocenters. The summed E-state index contributed by atoms with van der Waals surface area (Å²) >= 11 is 0. The Labute approximate surface area is 46.5 Å². The first-order valence-electron chi connectivity index (χ1n) is 1.83. The van der Waals surface area contributed by atoms with Crippen LogP contribution in [0.25, 0.3) is 0 Å². The Morgan fingerprint density at radius 2 is 2.00 bits per heavy atom. The van der Waals surface area contributed by atoms with Crippen molar-refractivity contribution in [2.24, 2.45) is 0 Å². The largest absolute Gasteiger partial charge is 0.480 e. The summed E-state index contributed by atoms with van der Waals surface area (Å²) in [5, 5.41) is 22.3. The van der Waals surface area contributed by atoms with Gasteiger partial charge in [-0.05, 0) is 7.05 Å². The van der Waals surface area contributed by atoms with E-state index >= 15 is 0 Å². The molecule has 0 heterocycles. The van der Waals surface area contributed by atoms with E-state index in [1.54, 1.807) is 7.05 Å². The molecule has 4 N–H and O–H groups in total. The number of hydrogen-bond donors (Lipinski definition) is 4. The van der Waals surface area contributed by atoms with E-state index in [1.165, 1.54) is 0 Å². The molecule has 0 aliphatic rings. The maximum Gasteiger partial charge on any atom is 0.317 e. The fourth-order valence-corrected chi connectivity index (χ4v) is 0.151. The van der Waals surface area contributed by atoms with Crippen LogP contribution in [0.4, 0.5) is 0 Å². The summed E-state index contributed by atoms with van der Waals surface area (Å²) in [6, 6.07) is 0. The number of carboxylic acid groups (broad SMARTS) is 1. The molecular formula is C3H9NO4. The first-order valence-corrected chi connectivity index (χ1v) is 1.83. The Bertz CT molecular complexity index is 55.2. The number of likely N-dealkylation sites (N-methyl/N-ethyl adjacent to an activating group) is 1. The van der Waals surface area contributed by atoms with Crippen molar-refractivity contribution in [3.63, 3.8) is 0 Å². The van der Waals surface area contributed by atoms with E-state index in [2.05, 4.69) is 5.32 Å². The van der Waals surface area contributed by atoms with Crippen molar-refractivity contribution in [1.82, 2.24) is 5.32 Å². The molecule has 0 aromatic rings. The summed E-state index contributed by atoms with van der Waals surface area (Å²) in [4.78, 5) is 9.54. The predicted octanol–water partition coefficient (Wildman–Crippen LogP) is -0.692. The summed E-state index contributed by atoms with van der Waals surface area (Å²) in [5.41, 5.74) is 0. The van der Waals surface area contributed by atoms with Gasteiger partial charge in [-0.1, -0.05) is 0 Å². The third kappa shape index (κ3) is 18.3. The second kappa shape index (κ2) is 9.61. The minimum atomic E-state index is -0.822. The zero-order valence-corrected chi connectivity index (χ0v) is 4.46. The van der Waals surface area contributed by atoms with Crippen molar-refractivity contribution in [3.05, 3.63) is 0 Å². The lowest BCUT2D eigenvalue weighted by Crippen LogP contribution is -2.16. The van der Waals surface area contributed by atoms with Gasteiger partial charge in [-0.2, -0.15) is 0 Å². The van der Waals surface area contributed by atoms with Crippen LogP contribution < -0.4 is 5.32 Å². The van der Waals surface area contributed by atoms with Crippen molar-refractivity contribution in [3.8, 4) is 0 Å². The first-order chi connectivity index (χ1) is 3.77. The monoisotopic (exact) mass is 123 g/mol. The van der Waals surface area contributed by atoms with Crippen molar-refractivity contribution < 1.29 is 20.4 Å². The van der Waals surface area contributed by atoms with Crippen molar-refractivity contribution in [2.75, 3.05) is 13.6 Å².